The number of nitrogens with zero attached hydrogens (tertiary/aromatic N) is 1. The van der Waals surface area contributed by atoms with Gasteiger partial charge in [0, 0.05) is 0 Å². The van der Waals surface area contributed by atoms with Gasteiger partial charge in [-0.15, -0.1) is 0 Å². The number of rotatable bonds is 9. The summed E-state index contributed by atoms with van der Waals surface area (Å²) in [4.78, 5) is 26.2. The first kappa shape index (κ1) is 22.5. The van der Waals surface area contributed by atoms with E-state index in [9.17, 15) is 23.5 Å². The Bertz CT molecular complexity index is 921. The van der Waals surface area contributed by atoms with E-state index in [4.69, 9.17) is 4.74 Å². The van der Waals surface area contributed by atoms with Crippen LogP contribution >= 0.6 is 0 Å². The zero-order chi connectivity index (χ0) is 22.6. The fourth-order valence-electron chi connectivity index (χ4n) is 3.31. The molecule has 1 saturated heterocycles. The smallest absolute Gasteiger partial charge is 0.387 e. The number of imide groups is 1. The summed E-state index contributed by atoms with van der Waals surface area (Å²) in [5.74, 6) is -0.0497. The van der Waals surface area contributed by atoms with Crippen LogP contribution in [0.5, 0.6) is 11.5 Å². The molecule has 2 unspecified atom stereocenters. The third-order valence-corrected chi connectivity index (χ3v) is 5.10. The first-order chi connectivity index (χ1) is 14.7. The number of aliphatic hydroxyl groups is 1. The van der Waals surface area contributed by atoms with E-state index in [-0.39, 0.29) is 18.9 Å². The summed E-state index contributed by atoms with van der Waals surface area (Å²) in [7, 11) is 0. The summed E-state index contributed by atoms with van der Waals surface area (Å²) in [5, 5.41) is 12.9. The van der Waals surface area contributed by atoms with Gasteiger partial charge in [0.05, 0.1) is 6.54 Å². The number of nitrogens with one attached hydrogen (secondary N) is 1. The number of amides is 3. The molecule has 3 rings (SSSR count). The van der Waals surface area contributed by atoms with Crippen LogP contribution in [0.25, 0.3) is 0 Å². The van der Waals surface area contributed by atoms with Crippen molar-refractivity contribution < 1.29 is 33.0 Å². The first-order valence-corrected chi connectivity index (χ1v) is 9.82. The Morgan fingerprint density at radius 2 is 1.68 bits per heavy atom. The minimum atomic E-state index is -2.96. The normalized spacial score (nSPS) is 19.5. The highest BCUT2D eigenvalue weighted by atomic mass is 19.3. The zero-order valence-corrected chi connectivity index (χ0v) is 17.2. The average molecular weight is 434 g/mol. The molecule has 2 N–H and O–H groups in total. The van der Waals surface area contributed by atoms with E-state index in [0.717, 1.165) is 16.9 Å². The Balaban J connectivity index is 1.62. The molecule has 166 valence electrons. The number of carbonyl (C=O) groups excluding carboxylic acids is 2. The van der Waals surface area contributed by atoms with Crippen LogP contribution in [0, 0.1) is 0 Å². The third kappa shape index (κ3) is 5.11. The molecule has 3 amide bonds. The minimum Gasteiger partial charge on any atom is -0.491 e. The molecule has 1 aliphatic rings. The monoisotopic (exact) mass is 434 g/mol. The predicted octanol–water partition coefficient (Wildman–Crippen LogP) is 3.06. The van der Waals surface area contributed by atoms with Gasteiger partial charge in [-0.2, -0.15) is 8.78 Å². The number of aliphatic hydroxyl groups excluding tert-OH is 1. The molecular weight excluding hydrogens is 410 g/mol. The molecule has 2 atom stereocenters. The van der Waals surface area contributed by atoms with Gasteiger partial charge in [0.2, 0.25) is 0 Å². The molecule has 0 radical (unpaired) electrons. The van der Waals surface area contributed by atoms with Crippen LogP contribution in [0.4, 0.5) is 13.6 Å². The molecule has 0 aliphatic carbocycles. The van der Waals surface area contributed by atoms with Crippen LogP contribution < -0.4 is 14.8 Å². The van der Waals surface area contributed by atoms with Crippen molar-refractivity contribution in [3.8, 4) is 11.5 Å². The lowest BCUT2D eigenvalue weighted by Gasteiger charge is -2.23. The molecular formula is C22H24F2N2O5. The second-order valence-electron chi connectivity index (χ2n) is 7.34. The van der Waals surface area contributed by atoms with Crippen molar-refractivity contribution in [1.82, 2.24) is 10.2 Å². The Kier molecular flexibility index (Phi) is 6.74. The van der Waals surface area contributed by atoms with Gasteiger partial charge < -0.3 is 19.9 Å². The lowest BCUT2D eigenvalue weighted by Crippen LogP contribution is -2.42. The van der Waals surface area contributed by atoms with Crippen molar-refractivity contribution in [2.45, 2.75) is 38.5 Å². The Morgan fingerprint density at radius 3 is 2.26 bits per heavy atom. The maximum atomic E-state index is 12.9. The van der Waals surface area contributed by atoms with Crippen LogP contribution in [-0.4, -0.2) is 47.8 Å². The number of hydrogen-bond donors (Lipinski definition) is 2. The molecule has 0 saturated carbocycles. The number of hydrogen-bond acceptors (Lipinski definition) is 5. The van der Waals surface area contributed by atoms with Gasteiger partial charge in [-0.1, -0.05) is 31.2 Å². The molecule has 0 spiro atoms. The van der Waals surface area contributed by atoms with Crippen LogP contribution in [-0.2, 0) is 16.8 Å². The van der Waals surface area contributed by atoms with Crippen LogP contribution in [0.3, 0.4) is 0 Å². The number of carbonyl (C=O) groups is 2. The topological polar surface area (TPSA) is 88.1 Å². The Morgan fingerprint density at radius 1 is 1.06 bits per heavy atom. The lowest BCUT2D eigenvalue weighted by molar-refractivity contribution is -0.132. The van der Waals surface area contributed by atoms with Crippen molar-refractivity contribution in [1.29, 1.82) is 0 Å². The number of β-amino-alcohol motifs (C(OH)–C–C–N with tert-alkyl or cyclic N) is 1. The second-order valence-corrected chi connectivity index (χ2v) is 7.34. The molecule has 2 aromatic carbocycles. The number of aryl methyl sites for hydroxylation is 1. The minimum absolute atomic E-state index is 0.0597. The molecule has 31 heavy (non-hydrogen) atoms. The molecule has 1 aliphatic heterocycles. The van der Waals surface area contributed by atoms with E-state index in [0.29, 0.717) is 11.3 Å². The lowest BCUT2D eigenvalue weighted by atomic mass is 9.92. The summed E-state index contributed by atoms with van der Waals surface area (Å²) in [6, 6.07) is 12.2. The SMILES string of the molecule is CCc1ccc(OCC(O)CN2C(=O)NC(C)(c3ccc(OC(F)F)cc3)C2=O)cc1. The fourth-order valence-corrected chi connectivity index (χ4v) is 3.31. The van der Waals surface area contributed by atoms with Gasteiger partial charge in [0.15, 0.2) is 0 Å². The predicted molar refractivity (Wildman–Crippen MR) is 108 cm³/mol. The molecule has 7 nitrogen and oxygen atoms in total. The van der Waals surface area contributed by atoms with E-state index in [1.807, 2.05) is 19.1 Å². The van der Waals surface area contributed by atoms with E-state index in [1.54, 1.807) is 12.1 Å². The second kappa shape index (κ2) is 9.30. The summed E-state index contributed by atoms with van der Waals surface area (Å²) in [5.41, 5.74) is 0.161. The van der Waals surface area contributed by atoms with Crippen molar-refractivity contribution in [3.05, 3.63) is 59.7 Å². The Hall–Kier alpha value is -3.20. The van der Waals surface area contributed by atoms with E-state index in [1.165, 1.54) is 31.2 Å². The highest BCUT2D eigenvalue weighted by molar-refractivity contribution is 6.07. The maximum absolute atomic E-state index is 12.9. The van der Waals surface area contributed by atoms with Crippen LogP contribution in [0.15, 0.2) is 48.5 Å². The van der Waals surface area contributed by atoms with E-state index in [2.05, 4.69) is 10.1 Å². The summed E-state index contributed by atoms with van der Waals surface area (Å²) >= 11 is 0. The number of halogens is 2. The average Bonchev–Trinajstić information content (AvgIpc) is 2.96. The molecule has 1 heterocycles. The van der Waals surface area contributed by atoms with Crippen molar-refractivity contribution >= 4 is 11.9 Å². The quantitative estimate of drug-likeness (QED) is 0.593. The van der Waals surface area contributed by atoms with Gasteiger partial charge in [-0.3, -0.25) is 9.69 Å². The number of ether oxygens (including phenoxy) is 2. The zero-order valence-electron chi connectivity index (χ0n) is 17.2. The van der Waals surface area contributed by atoms with Gasteiger partial charge in [0.25, 0.3) is 5.91 Å². The molecule has 0 bridgehead atoms. The maximum Gasteiger partial charge on any atom is 0.387 e. The largest absolute Gasteiger partial charge is 0.491 e. The van der Waals surface area contributed by atoms with Crippen molar-refractivity contribution in [3.63, 3.8) is 0 Å². The van der Waals surface area contributed by atoms with Crippen molar-refractivity contribution in [2.24, 2.45) is 0 Å². The Labute approximate surface area is 178 Å². The van der Waals surface area contributed by atoms with Gasteiger partial charge in [0.1, 0.15) is 29.7 Å². The third-order valence-electron chi connectivity index (χ3n) is 5.10. The van der Waals surface area contributed by atoms with E-state index >= 15 is 0 Å². The van der Waals surface area contributed by atoms with Gasteiger partial charge >= 0.3 is 12.6 Å². The first-order valence-electron chi connectivity index (χ1n) is 9.82. The van der Waals surface area contributed by atoms with Gasteiger partial charge in [-0.05, 0) is 48.7 Å². The molecule has 1 fully saturated rings. The summed E-state index contributed by atoms with van der Waals surface area (Å²) < 4.78 is 34.5. The highest BCUT2D eigenvalue weighted by Crippen LogP contribution is 2.30. The summed E-state index contributed by atoms with van der Waals surface area (Å²) in [6.45, 7) is 0.238. The fraction of sp³-hybridized carbons (Fsp3) is 0.364. The number of urea groups is 1. The molecule has 9 heteroatoms. The van der Waals surface area contributed by atoms with Crippen LogP contribution in [0.2, 0.25) is 0 Å². The van der Waals surface area contributed by atoms with Gasteiger partial charge in [-0.25, -0.2) is 4.79 Å². The van der Waals surface area contributed by atoms with Crippen LogP contribution in [0.1, 0.15) is 25.0 Å². The van der Waals surface area contributed by atoms with E-state index < -0.39 is 30.2 Å². The number of benzene rings is 2. The number of alkyl halides is 2. The van der Waals surface area contributed by atoms with Crippen molar-refractivity contribution in [2.75, 3.05) is 13.2 Å². The molecule has 2 aromatic rings. The molecule has 0 aromatic heterocycles. The standard InChI is InChI=1S/C22H24F2N2O5/c1-3-14-4-8-17(9-5-14)30-13-16(27)12-26-19(28)22(2,25-21(26)29)15-6-10-18(11-7-15)31-20(23)24/h4-11,16,20,27H,3,12-13H2,1-2H3,(H,25,29). The summed E-state index contributed by atoms with van der Waals surface area (Å²) in [6.07, 6.45) is -0.194. The highest BCUT2D eigenvalue weighted by Gasteiger charge is 2.49.